The van der Waals surface area contributed by atoms with E-state index in [0.29, 0.717) is 24.1 Å². The van der Waals surface area contributed by atoms with Crippen LogP contribution in [0, 0.1) is 17.5 Å². The number of halogens is 3. The van der Waals surface area contributed by atoms with Crippen molar-refractivity contribution in [1.82, 2.24) is 10.2 Å². The highest BCUT2D eigenvalue weighted by molar-refractivity contribution is 5.74. The number of hydrogen-bond acceptors (Lipinski definition) is 3. The molecule has 0 fully saturated rings. The van der Waals surface area contributed by atoms with Gasteiger partial charge in [-0.25, -0.2) is 13.2 Å². The van der Waals surface area contributed by atoms with Gasteiger partial charge in [0.05, 0.1) is 17.9 Å². The normalized spacial score (nSPS) is 10.7. The lowest BCUT2D eigenvalue weighted by atomic mass is 10.1. The fourth-order valence-corrected chi connectivity index (χ4v) is 2.23. The number of nitrogens with one attached hydrogen (secondary N) is 1. The molecule has 24 heavy (non-hydrogen) atoms. The van der Waals surface area contributed by atoms with Gasteiger partial charge in [0.2, 0.25) is 0 Å². The van der Waals surface area contributed by atoms with Crippen LogP contribution in [-0.2, 0) is 0 Å². The smallest absolute Gasteiger partial charge is 0.176 e. The van der Waals surface area contributed by atoms with Gasteiger partial charge in [0.15, 0.2) is 23.1 Å². The Hall–Kier alpha value is -2.96. The SMILES string of the molecule is CCOc1ccc(F)c(Oc2ccc(F)cc2F)c1-c1ccn[nH]1. The Labute approximate surface area is 135 Å². The Morgan fingerprint density at radius 3 is 2.46 bits per heavy atom. The Bertz CT molecular complexity index is 851. The van der Waals surface area contributed by atoms with Crippen LogP contribution < -0.4 is 9.47 Å². The van der Waals surface area contributed by atoms with E-state index in [-0.39, 0.29) is 17.1 Å². The molecule has 1 heterocycles. The predicted octanol–water partition coefficient (Wildman–Crippen LogP) is 4.69. The van der Waals surface area contributed by atoms with Crippen molar-refractivity contribution in [3.05, 3.63) is 60.0 Å². The molecular formula is C17H13F3N2O2. The monoisotopic (exact) mass is 334 g/mol. The number of benzene rings is 2. The maximum atomic E-state index is 14.3. The fourth-order valence-electron chi connectivity index (χ4n) is 2.23. The van der Waals surface area contributed by atoms with E-state index >= 15 is 0 Å². The zero-order valence-electron chi connectivity index (χ0n) is 12.6. The van der Waals surface area contributed by atoms with Crippen molar-refractivity contribution in [2.24, 2.45) is 0 Å². The average Bonchev–Trinajstić information content (AvgIpc) is 3.07. The van der Waals surface area contributed by atoms with Crippen molar-refractivity contribution in [2.45, 2.75) is 6.92 Å². The third kappa shape index (κ3) is 3.05. The maximum absolute atomic E-state index is 14.3. The lowest BCUT2D eigenvalue weighted by Gasteiger charge is -2.15. The summed E-state index contributed by atoms with van der Waals surface area (Å²) in [5.41, 5.74) is 0.702. The maximum Gasteiger partial charge on any atom is 0.176 e. The molecule has 0 unspecified atom stereocenters. The molecule has 3 rings (SSSR count). The van der Waals surface area contributed by atoms with Crippen LogP contribution in [0.3, 0.4) is 0 Å². The van der Waals surface area contributed by atoms with Crippen molar-refractivity contribution < 1.29 is 22.6 Å². The molecule has 0 spiro atoms. The van der Waals surface area contributed by atoms with Crippen molar-refractivity contribution in [3.63, 3.8) is 0 Å². The Morgan fingerprint density at radius 2 is 1.79 bits per heavy atom. The standard InChI is InChI=1S/C17H13F3N2O2/c1-2-23-15-6-4-11(19)17(16(15)13-7-8-21-22-13)24-14-5-3-10(18)9-12(14)20/h3-9H,2H2,1H3,(H,21,22). The van der Waals surface area contributed by atoms with Gasteiger partial charge < -0.3 is 9.47 Å². The van der Waals surface area contributed by atoms with E-state index in [1.54, 1.807) is 13.0 Å². The Morgan fingerprint density at radius 1 is 1.00 bits per heavy atom. The number of aromatic amines is 1. The second kappa shape index (κ2) is 6.66. The lowest BCUT2D eigenvalue weighted by molar-refractivity contribution is 0.337. The number of ether oxygens (including phenoxy) is 2. The van der Waals surface area contributed by atoms with Crippen molar-refractivity contribution in [3.8, 4) is 28.5 Å². The first-order valence-corrected chi connectivity index (χ1v) is 7.18. The Balaban J connectivity index is 2.13. The summed E-state index contributed by atoms with van der Waals surface area (Å²) in [6, 6.07) is 6.98. The minimum atomic E-state index is -0.938. The molecule has 0 saturated carbocycles. The lowest BCUT2D eigenvalue weighted by Crippen LogP contribution is -2.00. The topological polar surface area (TPSA) is 47.1 Å². The molecular weight excluding hydrogens is 321 g/mol. The number of aromatic nitrogens is 2. The highest BCUT2D eigenvalue weighted by Crippen LogP contribution is 2.42. The van der Waals surface area contributed by atoms with E-state index in [1.807, 2.05) is 0 Å². The zero-order chi connectivity index (χ0) is 17.1. The van der Waals surface area contributed by atoms with Crippen molar-refractivity contribution in [2.75, 3.05) is 6.61 Å². The minimum Gasteiger partial charge on any atom is -0.493 e. The van der Waals surface area contributed by atoms with Gasteiger partial charge in [-0.3, -0.25) is 5.10 Å². The summed E-state index contributed by atoms with van der Waals surface area (Å²) in [6.45, 7) is 2.12. The first-order valence-electron chi connectivity index (χ1n) is 7.18. The molecule has 0 atom stereocenters. The second-order valence-electron chi connectivity index (χ2n) is 4.83. The number of nitrogens with zero attached hydrogens (tertiary/aromatic N) is 1. The van der Waals surface area contributed by atoms with E-state index < -0.39 is 17.5 Å². The fraction of sp³-hybridized carbons (Fsp3) is 0.118. The van der Waals surface area contributed by atoms with E-state index in [2.05, 4.69) is 10.2 Å². The van der Waals surface area contributed by atoms with Crippen molar-refractivity contribution in [1.29, 1.82) is 0 Å². The molecule has 2 aromatic carbocycles. The van der Waals surface area contributed by atoms with Crippen LogP contribution in [0.15, 0.2) is 42.6 Å². The van der Waals surface area contributed by atoms with Crippen LogP contribution in [-0.4, -0.2) is 16.8 Å². The first-order chi connectivity index (χ1) is 11.6. The molecule has 1 N–H and O–H groups in total. The van der Waals surface area contributed by atoms with Gasteiger partial charge in [0.25, 0.3) is 0 Å². The van der Waals surface area contributed by atoms with Gasteiger partial charge >= 0.3 is 0 Å². The van der Waals surface area contributed by atoms with Gasteiger partial charge in [-0.05, 0) is 37.3 Å². The van der Waals surface area contributed by atoms with Gasteiger partial charge in [0, 0.05) is 12.3 Å². The molecule has 7 heteroatoms. The number of rotatable bonds is 5. The quantitative estimate of drug-likeness (QED) is 0.737. The summed E-state index contributed by atoms with van der Waals surface area (Å²) in [7, 11) is 0. The number of hydrogen-bond donors (Lipinski definition) is 1. The first kappa shape index (κ1) is 15.9. The van der Waals surface area contributed by atoms with Crippen LogP contribution in [0.4, 0.5) is 13.2 Å². The van der Waals surface area contributed by atoms with E-state index in [0.717, 1.165) is 18.2 Å². The molecule has 0 amide bonds. The third-order valence-electron chi connectivity index (χ3n) is 3.25. The van der Waals surface area contributed by atoms with Crippen LogP contribution in [0.1, 0.15) is 6.92 Å². The van der Waals surface area contributed by atoms with Crippen LogP contribution in [0.2, 0.25) is 0 Å². The molecule has 3 aromatic rings. The van der Waals surface area contributed by atoms with Gasteiger partial charge in [-0.1, -0.05) is 0 Å². The summed E-state index contributed by atoms with van der Waals surface area (Å²) in [4.78, 5) is 0. The van der Waals surface area contributed by atoms with Crippen LogP contribution >= 0.6 is 0 Å². The second-order valence-corrected chi connectivity index (χ2v) is 4.83. The van der Waals surface area contributed by atoms with Crippen LogP contribution in [0.5, 0.6) is 17.2 Å². The summed E-state index contributed by atoms with van der Waals surface area (Å²) in [5.74, 6) is -2.60. The minimum absolute atomic E-state index is 0.240. The largest absolute Gasteiger partial charge is 0.493 e. The molecule has 4 nitrogen and oxygen atoms in total. The summed E-state index contributed by atoms with van der Waals surface area (Å²) in [5, 5.41) is 6.52. The highest BCUT2D eigenvalue weighted by atomic mass is 19.1. The third-order valence-corrected chi connectivity index (χ3v) is 3.25. The molecule has 124 valence electrons. The zero-order valence-corrected chi connectivity index (χ0v) is 12.6. The molecule has 0 aliphatic carbocycles. The Kier molecular flexibility index (Phi) is 4.41. The van der Waals surface area contributed by atoms with Gasteiger partial charge in [-0.2, -0.15) is 5.10 Å². The molecule has 0 aliphatic rings. The number of H-pyrrole nitrogens is 1. The predicted molar refractivity (Wildman–Crippen MR) is 81.6 cm³/mol. The summed E-state index contributed by atoms with van der Waals surface area (Å²) < 4.78 is 52.1. The molecule has 0 bridgehead atoms. The van der Waals surface area contributed by atoms with Gasteiger partial charge in [0.1, 0.15) is 11.6 Å². The average molecular weight is 334 g/mol. The highest BCUT2D eigenvalue weighted by Gasteiger charge is 2.21. The van der Waals surface area contributed by atoms with Crippen molar-refractivity contribution >= 4 is 0 Å². The van der Waals surface area contributed by atoms with E-state index in [4.69, 9.17) is 9.47 Å². The molecule has 0 saturated heterocycles. The molecule has 1 aromatic heterocycles. The summed E-state index contributed by atoms with van der Waals surface area (Å²) in [6.07, 6.45) is 1.48. The van der Waals surface area contributed by atoms with E-state index in [9.17, 15) is 13.2 Å². The van der Waals surface area contributed by atoms with Gasteiger partial charge in [-0.15, -0.1) is 0 Å². The van der Waals surface area contributed by atoms with E-state index in [1.165, 1.54) is 12.3 Å². The summed E-state index contributed by atoms with van der Waals surface area (Å²) >= 11 is 0. The van der Waals surface area contributed by atoms with Crippen LogP contribution in [0.25, 0.3) is 11.3 Å². The molecule has 0 aliphatic heterocycles. The molecule has 0 radical (unpaired) electrons.